The molecule has 0 aliphatic carbocycles. The summed E-state index contributed by atoms with van der Waals surface area (Å²) in [6.07, 6.45) is -5.01. The Hall–Kier alpha value is -4.03. The molecule has 1 atom stereocenters. The molecule has 13 heteroatoms. The number of hydrogen-bond acceptors (Lipinski definition) is 5. The number of nitrogens with two attached hydrogens (primary N) is 1. The average molecular weight is 525 g/mol. The summed E-state index contributed by atoms with van der Waals surface area (Å²) in [6, 6.07) is 7.24. The van der Waals surface area contributed by atoms with Crippen molar-refractivity contribution in [2.45, 2.75) is 31.2 Å². The molecule has 4 rings (SSSR count). The van der Waals surface area contributed by atoms with Crippen LogP contribution in [0.2, 0.25) is 0 Å². The normalized spacial score (nSPS) is 16.5. The highest BCUT2D eigenvalue weighted by atomic mass is 19.4. The lowest BCUT2D eigenvalue weighted by molar-refractivity contribution is -0.139. The summed E-state index contributed by atoms with van der Waals surface area (Å²) in [7, 11) is 0. The number of aromatic nitrogens is 2. The Balaban J connectivity index is 1.48. The molecule has 0 bridgehead atoms. The van der Waals surface area contributed by atoms with Crippen LogP contribution in [0.15, 0.2) is 53.1 Å². The Morgan fingerprint density at radius 3 is 2.49 bits per heavy atom. The SMILES string of the molecule is N=C(N)N1CCC[C@H]1c1nc(-c2ccc(OC/C=C/c3ccc(C(F)(F)F)cc3)c(C(F)(F)F)c2)no1. The summed E-state index contributed by atoms with van der Waals surface area (Å²) in [5, 5.41) is 11.4. The van der Waals surface area contributed by atoms with Crippen LogP contribution in [0.3, 0.4) is 0 Å². The highest BCUT2D eigenvalue weighted by Crippen LogP contribution is 2.39. The van der Waals surface area contributed by atoms with Crippen LogP contribution in [-0.4, -0.2) is 34.2 Å². The molecule has 1 fully saturated rings. The number of hydrogen-bond donors (Lipinski definition) is 2. The van der Waals surface area contributed by atoms with Crippen molar-refractivity contribution >= 4 is 12.0 Å². The molecule has 0 saturated carbocycles. The lowest BCUT2D eigenvalue weighted by Crippen LogP contribution is -2.35. The average Bonchev–Trinajstić information content (AvgIpc) is 3.51. The number of likely N-dealkylation sites (tertiary alicyclic amines) is 1. The van der Waals surface area contributed by atoms with Crippen molar-refractivity contribution in [2.75, 3.05) is 13.2 Å². The van der Waals surface area contributed by atoms with Crippen LogP contribution in [0.1, 0.15) is 41.5 Å². The maximum Gasteiger partial charge on any atom is 0.419 e. The molecule has 0 radical (unpaired) electrons. The second-order valence-corrected chi connectivity index (χ2v) is 8.23. The molecule has 1 aliphatic rings. The molecule has 196 valence electrons. The predicted octanol–water partition coefficient (Wildman–Crippen LogP) is 5.90. The van der Waals surface area contributed by atoms with E-state index < -0.39 is 35.3 Å². The van der Waals surface area contributed by atoms with E-state index in [4.69, 9.17) is 20.4 Å². The van der Waals surface area contributed by atoms with Gasteiger partial charge in [-0.3, -0.25) is 5.41 Å². The zero-order valence-electron chi connectivity index (χ0n) is 19.1. The molecule has 3 N–H and O–H groups in total. The highest BCUT2D eigenvalue weighted by Gasteiger charge is 2.36. The lowest BCUT2D eigenvalue weighted by atomic mass is 10.1. The van der Waals surface area contributed by atoms with E-state index >= 15 is 0 Å². The number of guanidine groups is 1. The Bertz CT molecular complexity index is 1280. The molecule has 3 aromatic rings. The van der Waals surface area contributed by atoms with E-state index in [0.29, 0.717) is 18.5 Å². The van der Waals surface area contributed by atoms with Crippen LogP contribution in [0.25, 0.3) is 17.5 Å². The standard InChI is InChI=1S/C24H21F6N5O2/c25-23(26,27)16-8-5-14(6-9-16)3-2-12-36-19-10-7-15(13-17(19)24(28,29)30)20-33-21(37-34-20)18-4-1-11-35(18)22(31)32/h2-3,5-10,13,18H,1,4,11-12H2,(H3,31,32)/b3-2+/t18-/m0/s1. The van der Waals surface area contributed by atoms with Crippen molar-refractivity contribution in [1.29, 1.82) is 5.41 Å². The van der Waals surface area contributed by atoms with Crippen LogP contribution < -0.4 is 10.5 Å². The van der Waals surface area contributed by atoms with Gasteiger partial charge in [0.1, 0.15) is 18.4 Å². The first-order valence-electron chi connectivity index (χ1n) is 11.1. The van der Waals surface area contributed by atoms with Gasteiger partial charge in [-0.2, -0.15) is 31.3 Å². The third-order valence-corrected chi connectivity index (χ3v) is 5.72. The van der Waals surface area contributed by atoms with Crippen molar-refractivity contribution in [3.8, 4) is 17.1 Å². The van der Waals surface area contributed by atoms with Crippen molar-refractivity contribution in [3.63, 3.8) is 0 Å². The number of nitrogens with one attached hydrogen (secondary N) is 1. The first kappa shape index (κ1) is 26.0. The smallest absolute Gasteiger partial charge is 0.419 e. The van der Waals surface area contributed by atoms with E-state index in [1.54, 1.807) is 4.90 Å². The Morgan fingerprint density at radius 2 is 1.84 bits per heavy atom. The lowest BCUT2D eigenvalue weighted by Gasteiger charge is -2.21. The van der Waals surface area contributed by atoms with Gasteiger partial charge in [-0.1, -0.05) is 23.4 Å². The molecule has 1 aromatic heterocycles. The van der Waals surface area contributed by atoms with E-state index in [2.05, 4.69) is 10.1 Å². The van der Waals surface area contributed by atoms with Crippen molar-refractivity contribution in [3.05, 3.63) is 71.1 Å². The third kappa shape index (κ3) is 6.04. The number of halogens is 6. The second-order valence-electron chi connectivity index (χ2n) is 8.23. The molecule has 2 heterocycles. The van der Waals surface area contributed by atoms with E-state index in [0.717, 1.165) is 30.7 Å². The van der Waals surface area contributed by atoms with Gasteiger partial charge in [0, 0.05) is 12.1 Å². The summed E-state index contributed by atoms with van der Waals surface area (Å²) < 4.78 is 89.7. The Kier molecular flexibility index (Phi) is 7.14. The van der Waals surface area contributed by atoms with Crippen LogP contribution in [0.4, 0.5) is 26.3 Å². The summed E-state index contributed by atoms with van der Waals surface area (Å²) in [6.45, 7) is 0.285. The van der Waals surface area contributed by atoms with Gasteiger partial charge in [0.25, 0.3) is 0 Å². The van der Waals surface area contributed by atoms with Gasteiger partial charge < -0.3 is 19.9 Å². The topological polar surface area (TPSA) is 101 Å². The zero-order valence-corrected chi connectivity index (χ0v) is 19.1. The maximum absolute atomic E-state index is 13.7. The fraction of sp³-hybridized carbons (Fsp3) is 0.292. The van der Waals surface area contributed by atoms with Crippen molar-refractivity contribution in [2.24, 2.45) is 5.73 Å². The zero-order chi connectivity index (χ0) is 26.8. The maximum atomic E-state index is 13.7. The first-order chi connectivity index (χ1) is 17.4. The molecule has 1 aliphatic heterocycles. The van der Waals surface area contributed by atoms with Gasteiger partial charge in [0.2, 0.25) is 11.7 Å². The van der Waals surface area contributed by atoms with E-state index in [-0.39, 0.29) is 29.8 Å². The molecule has 37 heavy (non-hydrogen) atoms. The van der Waals surface area contributed by atoms with Crippen LogP contribution in [0, 0.1) is 5.41 Å². The van der Waals surface area contributed by atoms with E-state index in [9.17, 15) is 26.3 Å². The quantitative estimate of drug-likeness (QED) is 0.236. The third-order valence-electron chi connectivity index (χ3n) is 5.72. The largest absolute Gasteiger partial charge is 0.489 e. The summed E-state index contributed by atoms with van der Waals surface area (Å²) >= 11 is 0. The first-order valence-corrected chi connectivity index (χ1v) is 11.1. The minimum atomic E-state index is -4.74. The fourth-order valence-electron chi connectivity index (χ4n) is 3.92. The van der Waals surface area contributed by atoms with Gasteiger partial charge in [0.15, 0.2) is 5.96 Å². The number of alkyl halides is 6. The Labute approximate surface area is 207 Å². The van der Waals surface area contributed by atoms with Gasteiger partial charge in [-0.25, -0.2) is 0 Å². The molecule has 1 saturated heterocycles. The highest BCUT2D eigenvalue weighted by molar-refractivity contribution is 5.75. The van der Waals surface area contributed by atoms with E-state index in [1.807, 2.05) is 0 Å². The summed E-state index contributed by atoms with van der Waals surface area (Å²) in [4.78, 5) is 5.79. The number of ether oxygens (including phenoxy) is 1. The van der Waals surface area contributed by atoms with Gasteiger partial charge in [-0.05, 0) is 54.8 Å². The van der Waals surface area contributed by atoms with E-state index in [1.165, 1.54) is 30.4 Å². The van der Waals surface area contributed by atoms with Crippen LogP contribution in [-0.2, 0) is 12.4 Å². The molecule has 7 nitrogen and oxygen atoms in total. The van der Waals surface area contributed by atoms with Gasteiger partial charge >= 0.3 is 12.4 Å². The summed E-state index contributed by atoms with van der Waals surface area (Å²) in [5.41, 5.74) is 4.20. The molecular weight excluding hydrogens is 504 g/mol. The summed E-state index contributed by atoms with van der Waals surface area (Å²) in [5.74, 6) is -0.485. The monoisotopic (exact) mass is 525 g/mol. The Morgan fingerprint density at radius 1 is 1.11 bits per heavy atom. The molecule has 0 unspecified atom stereocenters. The van der Waals surface area contributed by atoms with Crippen LogP contribution >= 0.6 is 0 Å². The minimum absolute atomic E-state index is 0.0512. The number of rotatable bonds is 6. The van der Waals surface area contributed by atoms with Crippen molar-refractivity contribution < 1.29 is 35.6 Å². The predicted molar refractivity (Wildman–Crippen MR) is 121 cm³/mol. The number of nitrogens with zero attached hydrogens (tertiary/aromatic N) is 3. The van der Waals surface area contributed by atoms with Gasteiger partial charge in [0.05, 0.1) is 11.1 Å². The van der Waals surface area contributed by atoms with Crippen LogP contribution in [0.5, 0.6) is 5.75 Å². The van der Waals surface area contributed by atoms with Crippen molar-refractivity contribution in [1.82, 2.24) is 15.0 Å². The fourth-order valence-corrected chi connectivity index (χ4v) is 3.92. The number of benzene rings is 2. The molecule has 0 spiro atoms. The molecule has 0 amide bonds. The van der Waals surface area contributed by atoms with Gasteiger partial charge in [-0.15, -0.1) is 0 Å². The molecule has 2 aromatic carbocycles. The molecular formula is C24H21F6N5O2. The second kappa shape index (κ2) is 10.1. The minimum Gasteiger partial charge on any atom is -0.489 e.